The number of likely N-dealkylation sites (tertiary alicyclic amines) is 1. The molecule has 2 heterocycles. The molecule has 1 aromatic rings. The van der Waals surface area contributed by atoms with Crippen LogP contribution in [0.4, 0.5) is 0 Å². The molecule has 0 unspecified atom stereocenters. The highest BCUT2D eigenvalue weighted by atomic mass is 35.5. The molecule has 2 rings (SSSR count). The number of halogens is 1. The number of rotatable bonds is 2. The first-order chi connectivity index (χ1) is 6.34. The fraction of sp³-hybridized carbons (Fsp3) is 0.556. The van der Waals surface area contributed by atoms with Crippen molar-refractivity contribution < 1.29 is 0 Å². The van der Waals surface area contributed by atoms with Crippen molar-refractivity contribution in [1.82, 2.24) is 14.9 Å². The number of hydrogen-bond donors (Lipinski definition) is 0. The molecule has 1 fully saturated rings. The molecule has 0 spiro atoms. The summed E-state index contributed by atoms with van der Waals surface area (Å²) in [6.45, 7) is 3.28. The summed E-state index contributed by atoms with van der Waals surface area (Å²) in [6, 6.07) is 0. The van der Waals surface area contributed by atoms with E-state index in [1.54, 1.807) is 12.4 Å². The van der Waals surface area contributed by atoms with Crippen LogP contribution in [0, 0.1) is 0 Å². The van der Waals surface area contributed by atoms with Crippen molar-refractivity contribution in [2.24, 2.45) is 0 Å². The largest absolute Gasteiger partial charge is 0.297 e. The van der Waals surface area contributed by atoms with E-state index in [0.717, 1.165) is 12.2 Å². The van der Waals surface area contributed by atoms with E-state index in [0.29, 0.717) is 5.15 Å². The van der Waals surface area contributed by atoms with Crippen LogP contribution in [-0.2, 0) is 6.54 Å². The standard InChI is InChI=1S/C9H12ClN3/c10-9-6-11-8(5-12-9)7-13-3-1-2-4-13/h5-6H,1-4,7H2. The Morgan fingerprint density at radius 1 is 1.23 bits per heavy atom. The monoisotopic (exact) mass is 197 g/mol. The summed E-state index contributed by atoms with van der Waals surface area (Å²) in [5, 5.41) is 0.463. The second-order valence-electron chi connectivity index (χ2n) is 3.31. The van der Waals surface area contributed by atoms with Gasteiger partial charge in [-0.25, -0.2) is 4.98 Å². The zero-order valence-electron chi connectivity index (χ0n) is 7.41. The first-order valence-corrected chi connectivity index (χ1v) is 4.91. The highest BCUT2D eigenvalue weighted by molar-refractivity contribution is 6.29. The molecule has 0 radical (unpaired) electrons. The van der Waals surface area contributed by atoms with E-state index in [1.807, 2.05) is 0 Å². The molecule has 0 amide bonds. The van der Waals surface area contributed by atoms with Gasteiger partial charge in [0.2, 0.25) is 0 Å². The Morgan fingerprint density at radius 3 is 2.62 bits per heavy atom. The van der Waals surface area contributed by atoms with Crippen molar-refractivity contribution in [2.45, 2.75) is 19.4 Å². The lowest BCUT2D eigenvalue weighted by atomic mass is 10.4. The Morgan fingerprint density at radius 2 is 2.00 bits per heavy atom. The molecule has 4 heteroatoms. The zero-order valence-corrected chi connectivity index (χ0v) is 8.17. The lowest BCUT2D eigenvalue weighted by Gasteiger charge is -2.12. The van der Waals surface area contributed by atoms with Crippen LogP contribution in [0.2, 0.25) is 5.15 Å². The third-order valence-corrected chi connectivity index (χ3v) is 2.45. The van der Waals surface area contributed by atoms with E-state index in [9.17, 15) is 0 Å². The quantitative estimate of drug-likeness (QED) is 0.723. The summed E-state index contributed by atoms with van der Waals surface area (Å²) < 4.78 is 0. The summed E-state index contributed by atoms with van der Waals surface area (Å²) in [5.74, 6) is 0. The average molecular weight is 198 g/mol. The SMILES string of the molecule is Clc1cnc(CN2CCCC2)cn1. The third-order valence-electron chi connectivity index (χ3n) is 2.26. The maximum Gasteiger partial charge on any atom is 0.147 e. The van der Waals surface area contributed by atoms with E-state index in [1.165, 1.54) is 25.9 Å². The molecule has 0 saturated carbocycles. The zero-order chi connectivity index (χ0) is 9.10. The van der Waals surface area contributed by atoms with E-state index in [2.05, 4.69) is 14.9 Å². The normalized spacial score (nSPS) is 17.9. The molecule has 1 aromatic heterocycles. The van der Waals surface area contributed by atoms with Gasteiger partial charge in [0, 0.05) is 6.54 Å². The minimum Gasteiger partial charge on any atom is -0.297 e. The van der Waals surface area contributed by atoms with Gasteiger partial charge in [-0.1, -0.05) is 11.6 Å². The maximum atomic E-state index is 5.64. The minimum absolute atomic E-state index is 0.463. The van der Waals surface area contributed by atoms with Crippen LogP contribution >= 0.6 is 11.6 Å². The second-order valence-corrected chi connectivity index (χ2v) is 3.70. The topological polar surface area (TPSA) is 29.0 Å². The Labute approximate surface area is 82.8 Å². The van der Waals surface area contributed by atoms with E-state index in [-0.39, 0.29) is 0 Å². The number of hydrogen-bond acceptors (Lipinski definition) is 3. The fourth-order valence-corrected chi connectivity index (χ4v) is 1.69. The van der Waals surface area contributed by atoms with Gasteiger partial charge in [-0.2, -0.15) is 0 Å². The summed E-state index contributed by atoms with van der Waals surface area (Å²) in [4.78, 5) is 10.6. The van der Waals surface area contributed by atoms with Gasteiger partial charge >= 0.3 is 0 Å². The van der Waals surface area contributed by atoms with Gasteiger partial charge < -0.3 is 0 Å². The van der Waals surface area contributed by atoms with Gasteiger partial charge in [-0.15, -0.1) is 0 Å². The first-order valence-electron chi connectivity index (χ1n) is 4.53. The Hall–Kier alpha value is -0.670. The predicted octanol–water partition coefficient (Wildman–Crippen LogP) is 1.73. The van der Waals surface area contributed by atoms with Crippen LogP contribution in [0.5, 0.6) is 0 Å². The van der Waals surface area contributed by atoms with Gasteiger partial charge in [0.1, 0.15) is 5.15 Å². The summed E-state index contributed by atoms with van der Waals surface area (Å²) in [5.41, 5.74) is 1.01. The summed E-state index contributed by atoms with van der Waals surface area (Å²) >= 11 is 5.64. The van der Waals surface area contributed by atoms with Crippen molar-refractivity contribution >= 4 is 11.6 Å². The van der Waals surface area contributed by atoms with Crippen molar-refractivity contribution in [3.8, 4) is 0 Å². The Bertz CT molecular complexity index is 267. The highest BCUT2D eigenvalue weighted by Crippen LogP contribution is 2.11. The van der Waals surface area contributed by atoms with E-state index >= 15 is 0 Å². The fourth-order valence-electron chi connectivity index (χ4n) is 1.59. The number of aromatic nitrogens is 2. The highest BCUT2D eigenvalue weighted by Gasteiger charge is 2.12. The Kier molecular flexibility index (Phi) is 2.76. The third kappa shape index (κ3) is 2.39. The molecule has 0 aliphatic carbocycles. The average Bonchev–Trinajstić information content (AvgIpc) is 2.62. The van der Waals surface area contributed by atoms with Crippen LogP contribution in [0.25, 0.3) is 0 Å². The molecule has 3 nitrogen and oxygen atoms in total. The molecular formula is C9H12ClN3. The van der Waals surface area contributed by atoms with Crippen LogP contribution in [-0.4, -0.2) is 28.0 Å². The van der Waals surface area contributed by atoms with Gasteiger partial charge in [-0.3, -0.25) is 9.88 Å². The molecular weight excluding hydrogens is 186 g/mol. The molecule has 13 heavy (non-hydrogen) atoms. The van der Waals surface area contributed by atoms with Gasteiger partial charge in [0.25, 0.3) is 0 Å². The molecule has 0 N–H and O–H groups in total. The molecule has 1 aliphatic rings. The Balaban J connectivity index is 1.97. The lowest BCUT2D eigenvalue weighted by molar-refractivity contribution is 0.326. The van der Waals surface area contributed by atoms with Gasteiger partial charge in [0.05, 0.1) is 18.1 Å². The van der Waals surface area contributed by atoms with Gasteiger partial charge in [0.15, 0.2) is 0 Å². The second kappa shape index (κ2) is 4.03. The van der Waals surface area contributed by atoms with Crippen molar-refractivity contribution in [3.05, 3.63) is 23.2 Å². The minimum atomic E-state index is 0.463. The first kappa shape index (κ1) is 8.91. The lowest BCUT2D eigenvalue weighted by Crippen LogP contribution is -2.19. The molecule has 70 valence electrons. The molecule has 0 aromatic carbocycles. The van der Waals surface area contributed by atoms with Crippen LogP contribution in [0.3, 0.4) is 0 Å². The van der Waals surface area contributed by atoms with Crippen LogP contribution in [0.1, 0.15) is 18.5 Å². The van der Waals surface area contributed by atoms with Crippen LogP contribution in [0.15, 0.2) is 12.4 Å². The van der Waals surface area contributed by atoms with Crippen LogP contribution < -0.4 is 0 Å². The van der Waals surface area contributed by atoms with Crippen molar-refractivity contribution in [3.63, 3.8) is 0 Å². The van der Waals surface area contributed by atoms with Crippen molar-refractivity contribution in [2.75, 3.05) is 13.1 Å². The van der Waals surface area contributed by atoms with Gasteiger partial charge in [-0.05, 0) is 25.9 Å². The molecule has 1 aliphatic heterocycles. The van der Waals surface area contributed by atoms with E-state index in [4.69, 9.17) is 11.6 Å². The van der Waals surface area contributed by atoms with E-state index < -0.39 is 0 Å². The molecule has 0 bridgehead atoms. The summed E-state index contributed by atoms with van der Waals surface area (Å²) in [6.07, 6.45) is 5.97. The predicted molar refractivity (Wildman–Crippen MR) is 51.6 cm³/mol. The number of nitrogens with zero attached hydrogens (tertiary/aromatic N) is 3. The molecule has 0 atom stereocenters. The smallest absolute Gasteiger partial charge is 0.147 e. The maximum absolute atomic E-state index is 5.64. The summed E-state index contributed by atoms with van der Waals surface area (Å²) in [7, 11) is 0. The van der Waals surface area contributed by atoms with Crippen molar-refractivity contribution in [1.29, 1.82) is 0 Å². The molecule has 1 saturated heterocycles.